The van der Waals surface area contributed by atoms with Crippen LogP contribution in [0.4, 0.5) is 0 Å². The normalized spacial score (nSPS) is 22.5. The van der Waals surface area contributed by atoms with Crippen molar-refractivity contribution < 1.29 is 9.90 Å². The van der Waals surface area contributed by atoms with E-state index in [4.69, 9.17) is 0 Å². The first-order chi connectivity index (χ1) is 7.31. The predicted octanol–water partition coefficient (Wildman–Crippen LogP) is 1.28. The fourth-order valence-electron chi connectivity index (χ4n) is 2.18. The number of aromatic hydroxyl groups is 1. The second-order valence-corrected chi connectivity index (χ2v) is 4.01. The molecule has 0 radical (unpaired) electrons. The van der Waals surface area contributed by atoms with Crippen LogP contribution in [-0.4, -0.2) is 24.5 Å². The Morgan fingerprint density at radius 3 is 3.00 bits per heavy atom. The fraction of sp³-hybridized carbons (Fsp3) is 0.417. The predicted molar refractivity (Wildman–Crippen MR) is 57.9 cm³/mol. The summed E-state index contributed by atoms with van der Waals surface area (Å²) in [4.78, 5) is 11.1. The first-order valence-electron chi connectivity index (χ1n) is 5.26. The third kappa shape index (κ3) is 2.18. The summed E-state index contributed by atoms with van der Waals surface area (Å²) in [6.45, 7) is 1.87. The molecule has 1 aliphatic rings. The molecule has 0 bridgehead atoms. The summed E-state index contributed by atoms with van der Waals surface area (Å²) in [6, 6.07) is 6.98. The Hall–Kier alpha value is -1.35. The van der Waals surface area contributed by atoms with Gasteiger partial charge in [-0.05, 0) is 43.1 Å². The van der Waals surface area contributed by atoms with Crippen molar-refractivity contribution in [1.82, 2.24) is 5.32 Å². The van der Waals surface area contributed by atoms with E-state index in [0.29, 0.717) is 5.92 Å². The van der Waals surface area contributed by atoms with Gasteiger partial charge < -0.3 is 15.2 Å². The second-order valence-electron chi connectivity index (χ2n) is 4.01. The number of rotatable bonds is 3. The second kappa shape index (κ2) is 4.45. The summed E-state index contributed by atoms with van der Waals surface area (Å²) < 4.78 is 0. The number of carbonyl (C=O) groups is 1. The quantitative estimate of drug-likeness (QED) is 0.731. The molecular formula is C12H15NO2. The summed E-state index contributed by atoms with van der Waals surface area (Å²) in [6.07, 6.45) is 2.02. The van der Waals surface area contributed by atoms with Crippen LogP contribution in [0.5, 0.6) is 5.75 Å². The molecule has 1 saturated heterocycles. The minimum absolute atomic E-state index is 0.0906. The molecule has 0 amide bonds. The maximum atomic E-state index is 11.1. The van der Waals surface area contributed by atoms with Crippen LogP contribution in [0, 0.1) is 5.92 Å². The number of aldehydes is 1. The van der Waals surface area contributed by atoms with Crippen molar-refractivity contribution >= 4 is 6.29 Å². The van der Waals surface area contributed by atoms with Crippen LogP contribution in [0.15, 0.2) is 24.3 Å². The van der Waals surface area contributed by atoms with Gasteiger partial charge in [0.1, 0.15) is 12.0 Å². The summed E-state index contributed by atoms with van der Waals surface area (Å²) in [7, 11) is 0. The van der Waals surface area contributed by atoms with Crippen LogP contribution in [0.2, 0.25) is 0 Å². The van der Waals surface area contributed by atoms with Gasteiger partial charge in [-0.3, -0.25) is 0 Å². The van der Waals surface area contributed by atoms with Crippen molar-refractivity contribution in [3.05, 3.63) is 29.8 Å². The average Bonchev–Trinajstić information content (AvgIpc) is 2.72. The van der Waals surface area contributed by atoms with Crippen molar-refractivity contribution in [1.29, 1.82) is 0 Å². The van der Waals surface area contributed by atoms with Gasteiger partial charge in [0, 0.05) is 5.92 Å². The maximum absolute atomic E-state index is 11.1. The van der Waals surface area contributed by atoms with E-state index in [0.717, 1.165) is 31.4 Å². The molecule has 1 aromatic carbocycles. The molecule has 1 heterocycles. The minimum Gasteiger partial charge on any atom is -0.508 e. The number of benzene rings is 1. The standard InChI is InChI=1S/C12H15NO2/c14-8-12(10-4-5-13-7-10)9-2-1-3-11(15)6-9/h1-3,6,8,10,12-13,15H,4-5,7H2. The zero-order valence-electron chi connectivity index (χ0n) is 8.52. The molecule has 80 valence electrons. The lowest BCUT2D eigenvalue weighted by molar-refractivity contribution is -0.110. The van der Waals surface area contributed by atoms with E-state index in [1.54, 1.807) is 18.2 Å². The Kier molecular flexibility index (Phi) is 3.02. The highest BCUT2D eigenvalue weighted by atomic mass is 16.3. The van der Waals surface area contributed by atoms with E-state index in [2.05, 4.69) is 5.32 Å². The molecule has 2 rings (SSSR count). The fourth-order valence-corrected chi connectivity index (χ4v) is 2.18. The monoisotopic (exact) mass is 205 g/mol. The molecule has 1 aliphatic heterocycles. The van der Waals surface area contributed by atoms with Crippen LogP contribution >= 0.6 is 0 Å². The van der Waals surface area contributed by atoms with Gasteiger partial charge in [0.2, 0.25) is 0 Å². The molecule has 2 N–H and O–H groups in total. The number of phenolic OH excluding ortho intramolecular Hbond substituents is 1. The van der Waals surface area contributed by atoms with E-state index in [-0.39, 0.29) is 11.7 Å². The summed E-state index contributed by atoms with van der Waals surface area (Å²) >= 11 is 0. The van der Waals surface area contributed by atoms with Crippen molar-refractivity contribution in [2.45, 2.75) is 12.3 Å². The Morgan fingerprint density at radius 1 is 1.53 bits per heavy atom. The minimum atomic E-state index is -0.0906. The van der Waals surface area contributed by atoms with Crippen LogP contribution in [0.1, 0.15) is 17.9 Å². The zero-order valence-corrected chi connectivity index (χ0v) is 8.52. The molecule has 0 saturated carbocycles. The lowest BCUT2D eigenvalue weighted by atomic mass is 9.86. The number of hydrogen-bond donors (Lipinski definition) is 2. The highest BCUT2D eigenvalue weighted by Crippen LogP contribution is 2.28. The number of phenols is 1. The summed E-state index contributed by atoms with van der Waals surface area (Å²) in [5, 5.41) is 12.6. The molecular weight excluding hydrogens is 190 g/mol. The molecule has 1 aromatic rings. The molecule has 3 nitrogen and oxygen atoms in total. The van der Waals surface area contributed by atoms with E-state index in [1.165, 1.54) is 0 Å². The van der Waals surface area contributed by atoms with Crippen molar-refractivity contribution in [3.63, 3.8) is 0 Å². The number of nitrogens with one attached hydrogen (secondary N) is 1. The van der Waals surface area contributed by atoms with E-state index < -0.39 is 0 Å². The first-order valence-corrected chi connectivity index (χ1v) is 5.26. The maximum Gasteiger partial charge on any atom is 0.127 e. The van der Waals surface area contributed by atoms with Gasteiger partial charge in [-0.1, -0.05) is 12.1 Å². The smallest absolute Gasteiger partial charge is 0.127 e. The third-order valence-corrected chi connectivity index (χ3v) is 3.01. The number of carbonyl (C=O) groups excluding carboxylic acids is 1. The Labute approximate surface area is 89.1 Å². The van der Waals surface area contributed by atoms with Crippen LogP contribution in [0.3, 0.4) is 0 Å². The molecule has 2 atom stereocenters. The van der Waals surface area contributed by atoms with Gasteiger partial charge in [-0.25, -0.2) is 0 Å². The SMILES string of the molecule is O=CC(c1cccc(O)c1)C1CCNC1. The van der Waals surface area contributed by atoms with Gasteiger partial charge in [-0.15, -0.1) is 0 Å². The molecule has 0 spiro atoms. The van der Waals surface area contributed by atoms with Crippen LogP contribution in [0.25, 0.3) is 0 Å². The summed E-state index contributed by atoms with van der Waals surface area (Å²) in [5.41, 5.74) is 0.915. The van der Waals surface area contributed by atoms with Crippen molar-refractivity contribution in [2.24, 2.45) is 5.92 Å². The molecule has 0 aromatic heterocycles. The van der Waals surface area contributed by atoms with Gasteiger partial charge in [-0.2, -0.15) is 0 Å². The lowest BCUT2D eigenvalue weighted by Crippen LogP contribution is -2.17. The van der Waals surface area contributed by atoms with E-state index in [1.807, 2.05) is 6.07 Å². The summed E-state index contributed by atoms with van der Waals surface area (Å²) in [5.74, 6) is 0.502. The van der Waals surface area contributed by atoms with Gasteiger partial charge in [0.25, 0.3) is 0 Å². The average molecular weight is 205 g/mol. The number of hydrogen-bond acceptors (Lipinski definition) is 3. The third-order valence-electron chi connectivity index (χ3n) is 3.01. The van der Waals surface area contributed by atoms with Gasteiger partial charge in [0.15, 0.2) is 0 Å². The highest BCUT2D eigenvalue weighted by molar-refractivity contribution is 5.63. The molecule has 15 heavy (non-hydrogen) atoms. The Bertz CT molecular complexity index is 345. The molecule has 3 heteroatoms. The van der Waals surface area contributed by atoms with E-state index >= 15 is 0 Å². The molecule has 1 fully saturated rings. The molecule has 2 unspecified atom stereocenters. The van der Waals surface area contributed by atoms with Crippen LogP contribution in [-0.2, 0) is 4.79 Å². The zero-order chi connectivity index (χ0) is 10.7. The lowest BCUT2D eigenvalue weighted by Gasteiger charge is -2.17. The van der Waals surface area contributed by atoms with Crippen molar-refractivity contribution in [3.8, 4) is 5.75 Å². The topological polar surface area (TPSA) is 49.3 Å². The molecule has 0 aliphatic carbocycles. The van der Waals surface area contributed by atoms with Crippen molar-refractivity contribution in [2.75, 3.05) is 13.1 Å². The largest absolute Gasteiger partial charge is 0.508 e. The first kappa shape index (κ1) is 10.2. The van der Waals surface area contributed by atoms with Gasteiger partial charge in [0.05, 0.1) is 0 Å². The van der Waals surface area contributed by atoms with Gasteiger partial charge >= 0.3 is 0 Å². The Balaban J connectivity index is 2.21. The Morgan fingerprint density at radius 2 is 2.40 bits per heavy atom. The van der Waals surface area contributed by atoms with Crippen LogP contribution < -0.4 is 5.32 Å². The van der Waals surface area contributed by atoms with E-state index in [9.17, 15) is 9.90 Å². The highest BCUT2D eigenvalue weighted by Gasteiger charge is 2.25.